The number of nitrogens with zero attached hydrogens (tertiary/aromatic N) is 3. The molecule has 0 bridgehead atoms. The number of nitrogens with one attached hydrogen (secondary N) is 1. The van der Waals surface area contributed by atoms with Crippen LogP contribution in [0.3, 0.4) is 0 Å². The molecule has 2 aromatic rings. The third-order valence-electron chi connectivity index (χ3n) is 8.70. The number of nitro groups is 1. The molecule has 36 heavy (non-hydrogen) atoms. The lowest BCUT2D eigenvalue weighted by Crippen LogP contribution is -2.44. The van der Waals surface area contributed by atoms with Gasteiger partial charge in [-0.05, 0) is 86.3 Å². The molecule has 2 N–H and O–H groups in total. The van der Waals surface area contributed by atoms with Crippen LogP contribution >= 0.6 is 11.3 Å². The number of fused-ring (bicyclic) bond motifs is 5. The molecule has 1 heterocycles. The number of phenols is 1. The maximum atomic E-state index is 12.7. The Balaban J connectivity index is 1.41. The van der Waals surface area contributed by atoms with Gasteiger partial charge in [-0.1, -0.05) is 12.1 Å². The second-order valence-electron chi connectivity index (χ2n) is 10.6. The lowest BCUT2D eigenvalue weighted by molar-refractivity contribution is -0.386. The number of rotatable bonds is 6. The molecule has 5 rings (SSSR count). The zero-order chi connectivity index (χ0) is 25.6. The molecule has 0 saturated heterocycles. The molecular formula is C26H32N4O5S. The van der Waals surface area contributed by atoms with Gasteiger partial charge in [-0.2, -0.15) is 0 Å². The molecule has 1 aromatic carbocycles. The Morgan fingerprint density at radius 1 is 1.42 bits per heavy atom. The third kappa shape index (κ3) is 4.25. The molecule has 1 aromatic heterocycles. The summed E-state index contributed by atoms with van der Waals surface area (Å²) in [5, 5.41) is 29.7. The first-order valence-corrected chi connectivity index (χ1v) is 13.4. The molecule has 3 unspecified atom stereocenters. The highest BCUT2D eigenvalue weighted by Crippen LogP contribution is 2.63. The fraction of sp³-hybridized carbons (Fsp3) is 0.577. The van der Waals surface area contributed by atoms with Crippen LogP contribution in [0.2, 0.25) is 0 Å². The van der Waals surface area contributed by atoms with Gasteiger partial charge < -0.3 is 15.3 Å². The lowest BCUT2D eigenvalue weighted by Gasteiger charge is -2.50. The number of aromatic nitrogens is 1. The molecule has 2 fully saturated rings. The second-order valence-corrected chi connectivity index (χ2v) is 11.9. The first-order valence-electron chi connectivity index (χ1n) is 12.5. The predicted molar refractivity (Wildman–Crippen MR) is 137 cm³/mol. The first kappa shape index (κ1) is 24.7. The highest BCUT2D eigenvalue weighted by molar-refractivity contribution is 7.15. The van der Waals surface area contributed by atoms with E-state index in [0.29, 0.717) is 23.4 Å². The smallest absolute Gasteiger partial charge is 0.310 e. The lowest BCUT2D eigenvalue weighted by atomic mass is 9.54. The van der Waals surface area contributed by atoms with Crippen LogP contribution in [-0.2, 0) is 16.1 Å². The number of aromatic hydroxyl groups is 1. The van der Waals surface area contributed by atoms with Crippen LogP contribution in [0.25, 0.3) is 0 Å². The summed E-state index contributed by atoms with van der Waals surface area (Å²) in [4.78, 5) is 34.3. The fourth-order valence-electron chi connectivity index (χ4n) is 7.25. The van der Waals surface area contributed by atoms with Crippen LogP contribution < -0.4 is 5.32 Å². The summed E-state index contributed by atoms with van der Waals surface area (Å²) in [5.41, 5.74) is 2.75. The van der Waals surface area contributed by atoms with E-state index in [1.165, 1.54) is 11.3 Å². The highest BCUT2D eigenvalue weighted by Gasteiger charge is 2.57. The number of carbonyl (C=O) groups excluding carboxylic acids is 1. The number of hydrogen-bond acceptors (Lipinski definition) is 8. The van der Waals surface area contributed by atoms with Crippen molar-refractivity contribution in [3.05, 3.63) is 44.4 Å². The molecule has 2 saturated carbocycles. The van der Waals surface area contributed by atoms with E-state index >= 15 is 0 Å². The van der Waals surface area contributed by atoms with Crippen molar-refractivity contribution in [1.29, 1.82) is 0 Å². The van der Waals surface area contributed by atoms with Crippen molar-refractivity contribution in [3.8, 4) is 5.75 Å². The van der Waals surface area contributed by atoms with Crippen molar-refractivity contribution in [2.24, 2.45) is 28.3 Å². The molecule has 0 aliphatic heterocycles. The van der Waals surface area contributed by atoms with Crippen LogP contribution in [-0.4, -0.2) is 33.7 Å². The van der Waals surface area contributed by atoms with Crippen molar-refractivity contribution >= 4 is 33.8 Å². The molecule has 9 nitrogen and oxygen atoms in total. The van der Waals surface area contributed by atoms with Gasteiger partial charge in [-0.15, -0.1) is 11.3 Å². The monoisotopic (exact) mass is 512 g/mol. The summed E-state index contributed by atoms with van der Waals surface area (Å²) in [7, 11) is 1.58. The third-order valence-corrected chi connectivity index (χ3v) is 9.53. The number of hydrogen-bond donors (Lipinski definition) is 2. The van der Waals surface area contributed by atoms with Gasteiger partial charge in [0.1, 0.15) is 7.11 Å². The minimum Gasteiger partial charge on any atom is -0.502 e. The number of thiazole rings is 1. The second kappa shape index (κ2) is 9.46. The van der Waals surface area contributed by atoms with E-state index in [-0.39, 0.29) is 34.6 Å². The molecule has 5 atom stereocenters. The highest BCUT2D eigenvalue weighted by atomic mass is 32.1. The summed E-state index contributed by atoms with van der Waals surface area (Å²) in [6.45, 7) is 4.24. The molecule has 192 valence electrons. The minimum atomic E-state index is -0.504. The first-order chi connectivity index (χ1) is 17.2. The topological polar surface area (TPSA) is 127 Å². The van der Waals surface area contributed by atoms with Crippen molar-refractivity contribution in [2.75, 3.05) is 12.4 Å². The molecule has 0 radical (unpaired) electrons. The van der Waals surface area contributed by atoms with Gasteiger partial charge >= 0.3 is 5.69 Å². The average molecular weight is 513 g/mol. The molecule has 1 amide bonds. The van der Waals surface area contributed by atoms with Crippen LogP contribution in [0.1, 0.15) is 67.4 Å². The number of benzene rings is 1. The Hall–Kier alpha value is -3.01. The Morgan fingerprint density at radius 2 is 2.22 bits per heavy atom. The van der Waals surface area contributed by atoms with Crippen molar-refractivity contribution < 1.29 is 19.7 Å². The molecular weight excluding hydrogens is 480 g/mol. The Bertz CT molecular complexity index is 1230. The summed E-state index contributed by atoms with van der Waals surface area (Å²) in [6.07, 6.45) is 7.25. The number of amides is 1. The predicted octanol–water partition coefficient (Wildman–Crippen LogP) is 5.57. The van der Waals surface area contributed by atoms with E-state index in [9.17, 15) is 20.0 Å². The molecule has 10 heteroatoms. The standard InChI is InChI=1S/C26H32N4O5S/c1-14-13-27-25(36-14)28-23(32)7-5-16-11-22(29-35-3)26(2)9-8-17-18(24(16)26)6-4-15-10-21(31)20(30(33)34)12-19(15)17/h10,12-13,16-18,24,31H,4-9,11H2,1-3H3,(H,27,28,32)/b29-22+/t16-,17?,18?,24?,26-/m1/s1. The SMILES string of the molecule is CO/N=C1\C[C@@H](CCC(=O)Nc2ncc(C)s2)C2C3CCc4cc(O)c([N+](=O)[O-])cc4C3CC[C@]12C. The summed E-state index contributed by atoms with van der Waals surface area (Å²) in [5.74, 6) is 0.820. The van der Waals surface area contributed by atoms with Gasteiger partial charge in [0.25, 0.3) is 0 Å². The molecule has 3 aliphatic rings. The Morgan fingerprint density at radius 3 is 2.92 bits per heavy atom. The van der Waals surface area contributed by atoms with Crippen LogP contribution in [0.5, 0.6) is 5.75 Å². The van der Waals surface area contributed by atoms with Gasteiger partial charge in [-0.3, -0.25) is 14.9 Å². The van der Waals surface area contributed by atoms with E-state index in [1.807, 2.05) is 6.92 Å². The van der Waals surface area contributed by atoms with Crippen LogP contribution in [0, 0.1) is 40.2 Å². The van der Waals surface area contributed by atoms with Gasteiger partial charge in [0.2, 0.25) is 5.91 Å². The molecule has 0 spiro atoms. The summed E-state index contributed by atoms with van der Waals surface area (Å²) in [6, 6.07) is 3.19. The summed E-state index contributed by atoms with van der Waals surface area (Å²) >= 11 is 1.47. The molecule has 3 aliphatic carbocycles. The zero-order valence-electron chi connectivity index (χ0n) is 20.8. The quantitative estimate of drug-likeness (QED) is 0.385. The maximum absolute atomic E-state index is 12.7. The average Bonchev–Trinajstić information content (AvgIpc) is 3.36. The van der Waals surface area contributed by atoms with Gasteiger partial charge in [0.15, 0.2) is 10.9 Å². The van der Waals surface area contributed by atoms with Crippen molar-refractivity contribution in [2.45, 2.75) is 64.7 Å². The van der Waals surface area contributed by atoms with Crippen molar-refractivity contribution in [1.82, 2.24) is 4.98 Å². The van der Waals surface area contributed by atoms with E-state index in [1.54, 1.807) is 25.4 Å². The number of oxime groups is 1. The van der Waals surface area contributed by atoms with E-state index in [2.05, 4.69) is 22.4 Å². The van der Waals surface area contributed by atoms with E-state index < -0.39 is 4.92 Å². The largest absolute Gasteiger partial charge is 0.502 e. The number of nitro benzene ring substituents is 1. The maximum Gasteiger partial charge on any atom is 0.310 e. The number of anilines is 1. The Kier molecular flexibility index (Phi) is 6.48. The van der Waals surface area contributed by atoms with Crippen LogP contribution in [0.4, 0.5) is 10.8 Å². The van der Waals surface area contributed by atoms with E-state index in [0.717, 1.165) is 60.2 Å². The number of carbonyl (C=O) groups is 1. The number of aryl methyl sites for hydroxylation is 2. The fourth-order valence-corrected chi connectivity index (χ4v) is 7.93. The van der Waals surface area contributed by atoms with E-state index in [4.69, 9.17) is 4.84 Å². The van der Waals surface area contributed by atoms with Gasteiger partial charge in [0, 0.05) is 29.0 Å². The summed E-state index contributed by atoms with van der Waals surface area (Å²) < 4.78 is 0. The van der Waals surface area contributed by atoms with Crippen molar-refractivity contribution in [3.63, 3.8) is 0 Å². The number of phenolic OH excluding ortho intramolecular Hbond substituents is 1. The van der Waals surface area contributed by atoms with Gasteiger partial charge in [-0.25, -0.2) is 4.98 Å². The normalized spacial score (nSPS) is 29.8. The Labute approximate surface area is 214 Å². The zero-order valence-corrected chi connectivity index (χ0v) is 21.6. The minimum absolute atomic E-state index is 0.0318. The van der Waals surface area contributed by atoms with Crippen LogP contribution in [0.15, 0.2) is 23.5 Å². The van der Waals surface area contributed by atoms with Gasteiger partial charge in [0.05, 0.1) is 10.6 Å².